The van der Waals surface area contributed by atoms with Crippen LogP contribution in [0.5, 0.6) is 5.75 Å². The molecule has 0 spiro atoms. The normalized spacial score (nSPS) is 14.1. The van der Waals surface area contributed by atoms with Gasteiger partial charge < -0.3 is 19.6 Å². The minimum atomic E-state index is -0.552. The molecular formula is C15H19NO3. The highest BCUT2D eigenvalue weighted by molar-refractivity contribution is 5.28. The summed E-state index contributed by atoms with van der Waals surface area (Å²) in [6.07, 6.45) is 1.09. The fourth-order valence-electron chi connectivity index (χ4n) is 1.87. The predicted octanol–water partition coefficient (Wildman–Crippen LogP) is 2.67. The number of rotatable bonds is 6. The zero-order chi connectivity index (χ0) is 13.7. The highest BCUT2D eigenvalue weighted by Crippen LogP contribution is 2.18. The number of furan rings is 1. The zero-order valence-electron chi connectivity index (χ0n) is 11.2. The van der Waals surface area contributed by atoms with Gasteiger partial charge in [-0.05, 0) is 36.8 Å². The van der Waals surface area contributed by atoms with Gasteiger partial charge in [-0.3, -0.25) is 0 Å². The second kappa shape index (κ2) is 6.41. The quantitative estimate of drug-likeness (QED) is 0.839. The van der Waals surface area contributed by atoms with Gasteiger partial charge in [0.05, 0.1) is 25.5 Å². The first kappa shape index (κ1) is 13.6. The summed E-state index contributed by atoms with van der Waals surface area (Å²) < 4.78 is 10.4. The van der Waals surface area contributed by atoms with Crippen molar-refractivity contribution < 1.29 is 14.3 Å². The van der Waals surface area contributed by atoms with E-state index < -0.39 is 6.10 Å². The molecule has 0 saturated carbocycles. The molecule has 1 aromatic carbocycles. The lowest BCUT2D eigenvalue weighted by Gasteiger charge is -2.16. The Balaban J connectivity index is 1.88. The van der Waals surface area contributed by atoms with Gasteiger partial charge in [0.15, 0.2) is 0 Å². The maximum Gasteiger partial charge on any atom is 0.120 e. The van der Waals surface area contributed by atoms with E-state index in [-0.39, 0.29) is 6.04 Å². The van der Waals surface area contributed by atoms with E-state index in [4.69, 9.17) is 9.15 Å². The summed E-state index contributed by atoms with van der Waals surface area (Å²) in [4.78, 5) is 0. The lowest BCUT2D eigenvalue weighted by Crippen LogP contribution is -2.24. The predicted molar refractivity (Wildman–Crippen MR) is 73.1 cm³/mol. The monoisotopic (exact) mass is 261 g/mol. The number of benzene rings is 1. The molecule has 4 nitrogen and oxygen atoms in total. The van der Waals surface area contributed by atoms with Crippen LogP contribution in [-0.2, 0) is 0 Å². The summed E-state index contributed by atoms with van der Waals surface area (Å²) >= 11 is 0. The van der Waals surface area contributed by atoms with E-state index in [1.54, 1.807) is 13.4 Å². The second-order valence-corrected chi connectivity index (χ2v) is 4.43. The average molecular weight is 261 g/mol. The molecule has 2 atom stereocenters. The highest BCUT2D eigenvalue weighted by atomic mass is 16.5. The summed E-state index contributed by atoms with van der Waals surface area (Å²) in [5.74, 6) is 1.65. The van der Waals surface area contributed by atoms with Crippen molar-refractivity contribution in [3.8, 4) is 5.75 Å². The topological polar surface area (TPSA) is 54.6 Å². The molecule has 1 heterocycles. The fraction of sp³-hybridized carbons (Fsp3) is 0.333. The number of hydrogen-bond donors (Lipinski definition) is 2. The first-order valence-corrected chi connectivity index (χ1v) is 6.29. The minimum Gasteiger partial charge on any atom is -0.497 e. The molecule has 19 heavy (non-hydrogen) atoms. The Labute approximate surface area is 113 Å². The Morgan fingerprint density at radius 1 is 1.26 bits per heavy atom. The van der Waals surface area contributed by atoms with Gasteiger partial charge in [-0.25, -0.2) is 0 Å². The first-order valence-electron chi connectivity index (χ1n) is 6.29. The van der Waals surface area contributed by atoms with E-state index in [2.05, 4.69) is 5.32 Å². The van der Waals surface area contributed by atoms with Crippen molar-refractivity contribution in [2.45, 2.75) is 19.1 Å². The van der Waals surface area contributed by atoms with E-state index >= 15 is 0 Å². The molecule has 4 heteroatoms. The molecule has 102 valence electrons. The third-order valence-corrected chi connectivity index (χ3v) is 3.09. The molecule has 1 unspecified atom stereocenters. The van der Waals surface area contributed by atoms with Crippen LogP contribution in [0.1, 0.15) is 30.4 Å². The number of methoxy groups -OCH3 is 1. The van der Waals surface area contributed by atoms with Crippen molar-refractivity contribution in [1.82, 2.24) is 5.32 Å². The van der Waals surface area contributed by atoms with Crippen molar-refractivity contribution in [3.05, 3.63) is 54.0 Å². The number of aliphatic hydroxyl groups excluding tert-OH is 1. The van der Waals surface area contributed by atoms with Crippen LogP contribution >= 0.6 is 0 Å². The van der Waals surface area contributed by atoms with Crippen molar-refractivity contribution in [2.24, 2.45) is 0 Å². The van der Waals surface area contributed by atoms with E-state index in [1.807, 2.05) is 43.3 Å². The largest absolute Gasteiger partial charge is 0.497 e. The molecule has 0 bridgehead atoms. The Morgan fingerprint density at radius 3 is 2.58 bits per heavy atom. The molecule has 1 aromatic heterocycles. The lowest BCUT2D eigenvalue weighted by molar-refractivity contribution is 0.169. The van der Waals surface area contributed by atoms with Gasteiger partial charge in [0.1, 0.15) is 11.5 Å². The number of ether oxygens (including phenoxy) is 1. The molecule has 0 fully saturated rings. The molecule has 0 radical (unpaired) electrons. The van der Waals surface area contributed by atoms with Gasteiger partial charge in [-0.2, -0.15) is 0 Å². The Kier molecular flexibility index (Phi) is 4.60. The van der Waals surface area contributed by atoms with Crippen molar-refractivity contribution >= 4 is 0 Å². The van der Waals surface area contributed by atoms with Crippen LogP contribution < -0.4 is 10.1 Å². The molecule has 0 aliphatic rings. The Bertz CT molecular complexity index is 479. The third-order valence-electron chi connectivity index (χ3n) is 3.09. The molecule has 2 N–H and O–H groups in total. The number of aliphatic hydroxyl groups is 1. The van der Waals surface area contributed by atoms with Gasteiger partial charge >= 0.3 is 0 Å². The standard InChI is InChI=1S/C15H19NO3/c1-11(15-4-3-9-19-15)16-10-14(17)12-5-7-13(18-2)8-6-12/h3-9,11,14,16-17H,10H2,1-2H3/t11-,14?/m0/s1. The van der Waals surface area contributed by atoms with E-state index in [0.717, 1.165) is 17.1 Å². The molecule has 2 rings (SSSR count). The molecule has 0 aliphatic heterocycles. The van der Waals surface area contributed by atoms with Crippen LogP contribution in [0, 0.1) is 0 Å². The zero-order valence-corrected chi connectivity index (χ0v) is 11.2. The van der Waals surface area contributed by atoms with Gasteiger partial charge in [0.25, 0.3) is 0 Å². The SMILES string of the molecule is COc1ccc(C(O)CN[C@@H](C)c2ccco2)cc1. The Morgan fingerprint density at radius 2 is 2.00 bits per heavy atom. The smallest absolute Gasteiger partial charge is 0.120 e. The van der Waals surface area contributed by atoms with Crippen molar-refractivity contribution in [2.75, 3.05) is 13.7 Å². The summed E-state index contributed by atoms with van der Waals surface area (Å²) in [7, 11) is 1.62. The second-order valence-electron chi connectivity index (χ2n) is 4.43. The number of hydrogen-bond acceptors (Lipinski definition) is 4. The summed E-state index contributed by atoms with van der Waals surface area (Å²) in [6, 6.07) is 11.3. The minimum absolute atomic E-state index is 0.0721. The van der Waals surface area contributed by atoms with Crippen molar-refractivity contribution in [3.63, 3.8) is 0 Å². The molecule has 2 aromatic rings. The van der Waals surface area contributed by atoms with Crippen LogP contribution in [-0.4, -0.2) is 18.8 Å². The third kappa shape index (κ3) is 3.59. The van der Waals surface area contributed by atoms with Crippen LogP contribution in [0.3, 0.4) is 0 Å². The van der Waals surface area contributed by atoms with Gasteiger partial charge in [-0.1, -0.05) is 12.1 Å². The first-order chi connectivity index (χ1) is 9.20. The van der Waals surface area contributed by atoms with Crippen molar-refractivity contribution in [1.29, 1.82) is 0 Å². The van der Waals surface area contributed by atoms with E-state index in [0.29, 0.717) is 6.54 Å². The Hall–Kier alpha value is -1.78. The summed E-state index contributed by atoms with van der Waals surface area (Å²) in [5.41, 5.74) is 0.861. The maximum absolute atomic E-state index is 10.1. The van der Waals surface area contributed by atoms with Gasteiger partial charge in [0, 0.05) is 6.54 Å². The number of nitrogens with one attached hydrogen (secondary N) is 1. The molecule has 0 saturated heterocycles. The average Bonchev–Trinajstić information content (AvgIpc) is 2.98. The fourth-order valence-corrected chi connectivity index (χ4v) is 1.87. The van der Waals surface area contributed by atoms with Crippen LogP contribution in [0.25, 0.3) is 0 Å². The van der Waals surface area contributed by atoms with E-state index in [9.17, 15) is 5.11 Å². The summed E-state index contributed by atoms with van der Waals surface area (Å²) in [6.45, 7) is 2.47. The highest BCUT2D eigenvalue weighted by Gasteiger charge is 2.12. The van der Waals surface area contributed by atoms with Gasteiger partial charge in [0.2, 0.25) is 0 Å². The van der Waals surface area contributed by atoms with Crippen LogP contribution in [0.15, 0.2) is 47.1 Å². The molecule has 0 amide bonds. The molecule has 0 aliphatic carbocycles. The van der Waals surface area contributed by atoms with E-state index in [1.165, 1.54) is 0 Å². The molecular weight excluding hydrogens is 242 g/mol. The van der Waals surface area contributed by atoms with Crippen LogP contribution in [0.4, 0.5) is 0 Å². The maximum atomic E-state index is 10.1. The lowest BCUT2D eigenvalue weighted by atomic mass is 10.1. The van der Waals surface area contributed by atoms with Crippen LogP contribution in [0.2, 0.25) is 0 Å². The van der Waals surface area contributed by atoms with Gasteiger partial charge in [-0.15, -0.1) is 0 Å². The summed E-state index contributed by atoms with van der Waals surface area (Å²) in [5, 5.41) is 13.3.